The molecule has 0 fully saturated rings. The number of anilines is 2. The first kappa shape index (κ1) is 19.8. The number of nitro groups is 1. The van der Waals surface area contributed by atoms with E-state index in [1.54, 1.807) is 4.90 Å². The molecular weight excluding hydrogens is 372 g/mol. The van der Waals surface area contributed by atoms with Crippen molar-refractivity contribution in [3.8, 4) is 0 Å². The number of carbonyl (C=O) groups excluding carboxylic acids is 2. The summed E-state index contributed by atoms with van der Waals surface area (Å²) in [4.78, 5) is 36.7. The van der Waals surface area contributed by atoms with Crippen LogP contribution in [0, 0.1) is 10.1 Å². The van der Waals surface area contributed by atoms with E-state index in [1.807, 2.05) is 60.7 Å². The minimum atomic E-state index is -0.587. The van der Waals surface area contributed by atoms with Gasteiger partial charge in [-0.05, 0) is 24.3 Å². The van der Waals surface area contributed by atoms with Gasteiger partial charge in [0.15, 0.2) is 6.61 Å². The molecule has 0 saturated carbocycles. The Balaban J connectivity index is 1.67. The van der Waals surface area contributed by atoms with Gasteiger partial charge in [0.05, 0.1) is 4.92 Å². The quantitative estimate of drug-likeness (QED) is 0.248. The number of ether oxygens (including phenoxy) is 1. The highest BCUT2D eigenvalue weighted by Gasteiger charge is 2.17. The van der Waals surface area contributed by atoms with Gasteiger partial charge in [0.1, 0.15) is 6.54 Å². The minimum absolute atomic E-state index is 0.0871. The average molecular weight is 390 g/mol. The molecule has 0 aromatic heterocycles. The van der Waals surface area contributed by atoms with Crippen LogP contribution in [0.4, 0.5) is 17.1 Å². The first-order valence-electron chi connectivity index (χ1n) is 8.85. The van der Waals surface area contributed by atoms with Gasteiger partial charge in [0.2, 0.25) is 5.78 Å². The van der Waals surface area contributed by atoms with E-state index in [0.29, 0.717) is 0 Å². The number of benzene rings is 3. The standard InChI is InChI=1S/C22H18N2O5/c25-21(17-8-7-13-20(14-17)24(27)28)16-29-22(26)15-23(18-9-3-1-4-10-18)19-11-5-2-6-12-19/h1-14H,15-16H2. The summed E-state index contributed by atoms with van der Waals surface area (Å²) >= 11 is 0. The highest BCUT2D eigenvalue weighted by molar-refractivity contribution is 5.98. The van der Waals surface area contributed by atoms with Crippen molar-refractivity contribution in [1.29, 1.82) is 0 Å². The molecule has 0 amide bonds. The highest BCUT2D eigenvalue weighted by atomic mass is 16.6. The van der Waals surface area contributed by atoms with Crippen LogP contribution in [0.1, 0.15) is 10.4 Å². The number of Topliss-reactive ketones (excluding diaryl/α,β-unsaturated/α-hetero) is 1. The number of esters is 1. The number of para-hydroxylation sites is 2. The fourth-order valence-corrected chi connectivity index (χ4v) is 2.74. The fraction of sp³-hybridized carbons (Fsp3) is 0.0909. The molecule has 3 aromatic carbocycles. The third-order valence-electron chi connectivity index (χ3n) is 4.17. The van der Waals surface area contributed by atoms with E-state index in [1.165, 1.54) is 18.2 Å². The molecule has 0 saturated heterocycles. The van der Waals surface area contributed by atoms with Gasteiger partial charge >= 0.3 is 5.97 Å². The molecule has 3 rings (SSSR count). The van der Waals surface area contributed by atoms with Gasteiger partial charge in [-0.15, -0.1) is 0 Å². The Hall–Kier alpha value is -4.00. The van der Waals surface area contributed by atoms with E-state index >= 15 is 0 Å². The van der Waals surface area contributed by atoms with Crippen LogP contribution in [0.3, 0.4) is 0 Å². The molecule has 0 spiro atoms. The maximum Gasteiger partial charge on any atom is 0.326 e. The number of rotatable bonds is 8. The third-order valence-corrected chi connectivity index (χ3v) is 4.17. The van der Waals surface area contributed by atoms with Gasteiger partial charge < -0.3 is 9.64 Å². The molecule has 0 aliphatic heterocycles. The van der Waals surface area contributed by atoms with Crippen molar-refractivity contribution >= 4 is 28.8 Å². The number of hydrogen-bond acceptors (Lipinski definition) is 6. The molecule has 7 heteroatoms. The topological polar surface area (TPSA) is 89.8 Å². The van der Waals surface area contributed by atoms with Crippen LogP contribution in [-0.4, -0.2) is 29.8 Å². The molecule has 0 unspecified atom stereocenters. The van der Waals surface area contributed by atoms with Crippen molar-refractivity contribution in [1.82, 2.24) is 0 Å². The lowest BCUT2D eigenvalue weighted by Crippen LogP contribution is -2.28. The largest absolute Gasteiger partial charge is 0.456 e. The Morgan fingerprint density at radius 3 is 2.00 bits per heavy atom. The summed E-state index contributed by atoms with van der Waals surface area (Å²) in [6.45, 7) is -0.576. The monoisotopic (exact) mass is 390 g/mol. The zero-order valence-corrected chi connectivity index (χ0v) is 15.4. The number of nitrogens with zero attached hydrogens (tertiary/aromatic N) is 2. The first-order chi connectivity index (χ1) is 14.0. The normalized spacial score (nSPS) is 10.2. The molecule has 146 valence electrons. The Morgan fingerprint density at radius 2 is 1.45 bits per heavy atom. The SMILES string of the molecule is O=C(CN(c1ccccc1)c1ccccc1)OCC(=O)c1cccc([N+](=O)[O-])c1. The second-order valence-electron chi connectivity index (χ2n) is 6.15. The smallest absolute Gasteiger partial charge is 0.326 e. The van der Waals surface area contributed by atoms with E-state index in [0.717, 1.165) is 17.4 Å². The maximum absolute atomic E-state index is 12.4. The van der Waals surface area contributed by atoms with Crippen LogP contribution in [0.2, 0.25) is 0 Å². The molecule has 7 nitrogen and oxygen atoms in total. The van der Waals surface area contributed by atoms with Gasteiger partial charge in [-0.3, -0.25) is 19.7 Å². The predicted molar refractivity (Wildman–Crippen MR) is 108 cm³/mol. The second kappa shape index (κ2) is 9.27. The van der Waals surface area contributed by atoms with Crippen LogP contribution < -0.4 is 4.90 Å². The number of carbonyl (C=O) groups is 2. The molecule has 29 heavy (non-hydrogen) atoms. The van der Waals surface area contributed by atoms with Crippen LogP contribution >= 0.6 is 0 Å². The van der Waals surface area contributed by atoms with Crippen molar-refractivity contribution in [2.45, 2.75) is 0 Å². The third kappa shape index (κ3) is 5.26. The zero-order chi connectivity index (χ0) is 20.6. The molecule has 0 aliphatic carbocycles. The predicted octanol–water partition coefficient (Wildman–Crippen LogP) is 4.16. The summed E-state index contributed by atoms with van der Waals surface area (Å²) in [7, 11) is 0. The lowest BCUT2D eigenvalue weighted by atomic mass is 10.1. The lowest BCUT2D eigenvalue weighted by molar-refractivity contribution is -0.384. The minimum Gasteiger partial charge on any atom is -0.456 e. The van der Waals surface area contributed by atoms with Crippen LogP contribution in [0.25, 0.3) is 0 Å². The number of nitro benzene ring substituents is 1. The Labute approximate surface area is 167 Å². The number of non-ortho nitro benzene ring substituents is 1. The zero-order valence-electron chi connectivity index (χ0n) is 15.4. The van der Waals surface area contributed by atoms with Crippen molar-refractivity contribution in [3.05, 3.63) is 101 Å². The molecule has 0 aliphatic rings. The van der Waals surface area contributed by atoms with Crippen molar-refractivity contribution in [2.24, 2.45) is 0 Å². The molecule has 0 heterocycles. The maximum atomic E-state index is 12.4. The van der Waals surface area contributed by atoms with E-state index in [4.69, 9.17) is 4.74 Å². The Morgan fingerprint density at radius 1 is 0.862 bits per heavy atom. The van der Waals surface area contributed by atoms with Crippen LogP contribution in [0.15, 0.2) is 84.9 Å². The molecule has 0 N–H and O–H groups in total. The molecule has 0 atom stereocenters. The summed E-state index contributed by atoms with van der Waals surface area (Å²) < 4.78 is 5.13. The van der Waals surface area contributed by atoms with Crippen molar-refractivity contribution < 1.29 is 19.2 Å². The summed E-state index contributed by atoms with van der Waals surface area (Å²) in [6, 6.07) is 24.0. The molecule has 3 aromatic rings. The van der Waals surface area contributed by atoms with Crippen molar-refractivity contribution in [3.63, 3.8) is 0 Å². The molecular formula is C22H18N2O5. The van der Waals surface area contributed by atoms with Gasteiger partial charge in [-0.25, -0.2) is 0 Å². The van der Waals surface area contributed by atoms with E-state index in [2.05, 4.69) is 0 Å². The molecule has 0 bridgehead atoms. The van der Waals surface area contributed by atoms with Gasteiger partial charge in [-0.2, -0.15) is 0 Å². The Kier molecular flexibility index (Phi) is 6.32. The lowest BCUT2D eigenvalue weighted by Gasteiger charge is -2.24. The second-order valence-corrected chi connectivity index (χ2v) is 6.15. The van der Waals surface area contributed by atoms with E-state index in [9.17, 15) is 19.7 Å². The average Bonchev–Trinajstić information content (AvgIpc) is 2.77. The Bertz CT molecular complexity index is 966. The number of ketones is 1. The summed E-state index contributed by atoms with van der Waals surface area (Å²) in [5, 5.41) is 10.8. The van der Waals surface area contributed by atoms with Gasteiger partial charge in [-0.1, -0.05) is 48.5 Å². The first-order valence-corrected chi connectivity index (χ1v) is 8.85. The van der Waals surface area contributed by atoms with Gasteiger partial charge in [0.25, 0.3) is 5.69 Å². The van der Waals surface area contributed by atoms with Gasteiger partial charge in [0, 0.05) is 29.1 Å². The van der Waals surface area contributed by atoms with E-state index in [-0.39, 0.29) is 17.8 Å². The summed E-state index contributed by atoms with van der Waals surface area (Å²) in [6.07, 6.45) is 0. The summed E-state index contributed by atoms with van der Waals surface area (Å²) in [5.41, 5.74) is 1.54. The van der Waals surface area contributed by atoms with Crippen molar-refractivity contribution in [2.75, 3.05) is 18.1 Å². The molecule has 0 radical (unpaired) electrons. The number of hydrogen-bond donors (Lipinski definition) is 0. The summed E-state index contributed by atoms with van der Waals surface area (Å²) in [5.74, 6) is -1.09. The fourth-order valence-electron chi connectivity index (χ4n) is 2.74. The van der Waals surface area contributed by atoms with E-state index < -0.39 is 23.3 Å². The van der Waals surface area contributed by atoms with Crippen LogP contribution in [-0.2, 0) is 9.53 Å². The highest BCUT2D eigenvalue weighted by Crippen LogP contribution is 2.24. The van der Waals surface area contributed by atoms with Crippen LogP contribution in [0.5, 0.6) is 0 Å².